The topological polar surface area (TPSA) is 96.7 Å². The summed E-state index contributed by atoms with van der Waals surface area (Å²) in [5, 5.41) is 11.2. The van der Waals surface area contributed by atoms with Gasteiger partial charge in [-0.25, -0.2) is 14.2 Å². The summed E-state index contributed by atoms with van der Waals surface area (Å²) in [6.07, 6.45) is 4.87. The SMILES string of the molecule is CCOC(=O)c1c(/N=C/c2c(O)n(-c3ccc(F)cc3)c(=S)[nH]c2=O)sc2c1CCCC2. The second-order valence-electron chi connectivity index (χ2n) is 7.18. The number of hydrogen-bond acceptors (Lipinski definition) is 7. The molecule has 0 fully saturated rings. The fourth-order valence-electron chi connectivity index (χ4n) is 3.66. The number of esters is 1. The summed E-state index contributed by atoms with van der Waals surface area (Å²) in [4.78, 5) is 33.1. The van der Waals surface area contributed by atoms with Crippen LogP contribution in [-0.4, -0.2) is 33.4 Å². The molecule has 0 aliphatic heterocycles. The molecule has 166 valence electrons. The second kappa shape index (κ2) is 9.17. The maximum atomic E-state index is 13.3. The minimum Gasteiger partial charge on any atom is -0.494 e. The van der Waals surface area contributed by atoms with Crippen LogP contribution in [0.3, 0.4) is 0 Å². The molecule has 0 radical (unpaired) electrons. The van der Waals surface area contributed by atoms with Gasteiger partial charge in [0.05, 0.1) is 17.9 Å². The van der Waals surface area contributed by atoms with Gasteiger partial charge in [-0.15, -0.1) is 11.3 Å². The number of nitrogens with one attached hydrogen (secondary N) is 1. The lowest BCUT2D eigenvalue weighted by molar-refractivity contribution is 0.0526. The van der Waals surface area contributed by atoms with Gasteiger partial charge in [0.25, 0.3) is 5.56 Å². The third-order valence-corrected chi connectivity index (χ3v) is 6.63. The number of aromatic nitrogens is 2. The van der Waals surface area contributed by atoms with Gasteiger partial charge < -0.3 is 9.84 Å². The second-order valence-corrected chi connectivity index (χ2v) is 8.65. The van der Waals surface area contributed by atoms with E-state index in [1.165, 1.54) is 46.4 Å². The van der Waals surface area contributed by atoms with Crippen molar-refractivity contribution in [3.8, 4) is 11.6 Å². The number of ether oxygens (including phenoxy) is 1. The molecule has 3 aromatic rings. The van der Waals surface area contributed by atoms with Gasteiger partial charge in [-0.05, 0) is 74.7 Å². The van der Waals surface area contributed by atoms with Crippen molar-refractivity contribution in [2.45, 2.75) is 32.6 Å². The van der Waals surface area contributed by atoms with E-state index >= 15 is 0 Å². The molecule has 0 amide bonds. The molecule has 0 unspecified atom stereocenters. The summed E-state index contributed by atoms with van der Waals surface area (Å²) in [6.45, 7) is 1.98. The zero-order chi connectivity index (χ0) is 22.8. The molecule has 2 heterocycles. The Kier molecular flexibility index (Phi) is 6.33. The fraction of sp³-hybridized carbons (Fsp3) is 0.273. The van der Waals surface area contributed by atoms with Gasteiger partial charge in [0.15, 0.2) is 4.77 Å². The van der Waals surface area contributed by atoms with Crippen molar-refractivity contribution in [3.05, 3.63) is 66.8 Å². The van der Waals surface area contributed by atoms with Crippen molar-refractivity contribution < 1.29 is 19.0 Å². The first kappa shape index (κ1) is 22.1. The number of halogens is 1. The average Bonchev–Trinajstić information content (AvgIpc) is 3.13. The molecule has 2 aromatic heterocycles. The van der Waals surface area contributed by atoms with E-state index in [1.807, 2.05) is 0 Å². The van der Waals surface area contributed by atoms with Crippen LogP contribution in [0.5, 0.6) is 5.88 Å². The first-order valence-corrected chi connectivity index (χ1v) is 11.3. The monoisotopic (exact) mass is 473 g/mol. The van der Waals surface area contributed by atoms with Crippen LogP contribution in [0.4, 0.5) is 9.39 Å². The summed E-state index contributed by atoms with van der Waals surface area (Å²) >= 11 is 6.56. The molecule has 0 bridgehead atoms. The maximum Gasteiger partial charge on any atom is 0.341 e. The van der Waals surface area contributed by atoms with Crippen LogP contribution in [0.1, 0.15) is 46.1 Å². The van der Waals surface area contributed by atoms with E-state index in [4.69, 9.17) is 17.0 Å². The lowest BCUT2D eigenvalue weighted by atomic mass is 9.95. The Morgan fingerprint density at radius 3 is 2.78 bits per heavy atom. The first-order valence-electron chi connectivity index (χ1n) is 10.1. The van der Waals surface area contributed by atoms with Crippen LogP contribution < -0.4 is 5.56 Å². The number of nitrogens with zero attached hydrogens (tertiary/aromatic N) is 2. The molecule has 7 nitrogen and oxygen atoms in total. The van der Waals surface area contributed by atoms with Crippen molar-refractivity contribution in [3.63, 3.8) is 0 Å². The van der Waals surface area contributed by atoms with Gasteiger partial charge in [0.2, 0.25) is 5.88 Å². The van der Waals surface area contributed by atoms with Crippen LogP contribution in [0.2, 0.25) is 0 Å². The van der Waals surface area contributed by atoms with Gasteiger partial charge in [-0.3, -0.25) is 14.3 Å². The van der Waals surface area contributed by atoms with Crippen molar-refractivity contribution in [2.24, 2.45) is 4.99 Å². The number of aryl methyl sites for hydroxylation is 1. The Hall–Kier alpha value is -3.11. The predicted molar refractivity (Wildman–Crippen MR) is 123 cm³/mol. The van der Waals surface area contributed by atoms with Crippen molar-refractivity contribution in [2.75, 3.05) is 6.61 Å². The highest BCUT2D eigenvalue weighted by molar-refractivity contribution is 7.71. The third kappa shape index (κ3) is 4.15. The van der Waals surface area contributed by atoms with Crippen LogP contribution in [0.15, 0.2) is 34.1 Å². The molecule has 1 aliphatic carbocycles. The van der Waals surface area contributed by atoms with Gasteiger partial charge in [0.1, 0.15) is 16.4 Å². The summed E-state index contributed by atoms with van der Waals surface area (Å²) in [6, 6.07) is 5.29. The highest BCUT2D eigenvalue weighted by atomic mass is 32.1. The molecule has 0 atom stereocenters. The number of thiophene rings is 1. The molecule has 2 N–H and O–H groups in total. The summed E-state index contributed by atoms with van der Waals surface area (Å²) in [5.41, 5.74) is 0.980. The molecule has 10 heteroatoms. The van der Waals surface area contributed by atoms with E-state index in [1.54, 1.807) is 6.92 Å². The van der Waals surface area contributed by atoms with E-state index in [0.717, 1.165) is 36.1 Å². The summed E-state index contributed by atoms with van der Waals surface area (Å²) < 4.78 is 19.7. The fourth-order valence-corrected chi connectivity index (χ4v) is 5.17. The van der Waals surface area contributed by atoms with E-state index in [9.17, 15) is 19.1 Å². The molecule has 32 heavy (non-hydrogen) atoms. The Morgan fingerprint density at radius 1 is 1.34 bits per heavy atom. The number of hydrogen-bond donors (Lipinski definition) is 2. The van der Waals surface area contributed by atoms with Crippen LogP contribution in [0, 0.1) is 10.6 Å². The molecule has 1 aromatic carbocycles. The van der Waals surface area contributed by atoms with Crippen LogP contribution in [-0.2, 0) is 17.6 Å². The zero-order valence-corrected chi connectivity index (χ0v) is 18.8. The average molecular weight is 474 g/mol. The Labute approximate surface area is 191 Å². The molecule has 4 rings (SSSR count). The molecule has 1 aliphatic rings. The van der Waals surface area contributed by atoms with Gasteiger partial charge in [-0.2, -0.15) is 0 Å². The Balaban J connectivity index is 1.81. The number of fused-ring (bicyclic) bond motifs is 1. The lowest BCUT2D eigenvalue weighted by Crippen LogP contribution is -2.18. The number of benzene rings is 1. The summed E-state index contributed by atoms with van der Waals surface area (Å²) in [5.74, 6) is -1.33. The quantitative estimate of drug-likeness (QED) is 0.321. The van der Waals surface area contributed by atoms with Crippen LogP contribution in [0.25, 0.3) is 5.69 Å². The molecule has 0 spiro atoms. The number of carbonyl (C=O) groups is 1. The molecular weight excluding hydrogens is 453 g/mol. The predicted octanol–water partition coefficient (Wildman–Crippen LogP) is 4.61. The van der Waals surface area contributed by atoms with Crippen molar-refractivity contribution >= 4 is 40.7 Å². The number of carbonyl (C=O) groups excluding carboxylic acids is 1. The number of rotatable bonds is 5. The Morgan fingerprint density at radius 2 is 2.06 bits per heavy atom. The van der Waals surface area contributed by atoms with E-state index in [0.29, 0.717) is 16.3 Å². The standard InChI is InChI=1S/C22H20FN3O4S2/c1-2-30-21(29)17-14-5-3-4-6-16(14)32-19(17)24-11-15-18(27)25-22(31)26(20(15)28)13-9-7-12(23)8-10-13/h7-11,28H,2-6H2,1H3,(H,25,27,31)/b24-11+. The van der Waals surface area contributed by atoms with E-state index < -0.39 is 23.2 Å². The van der Waals surface area contributed by atoms with Crippen molar-refractivity contribution in [1.82, 2.24) is 9.55 Å². The van der Waals surface area contributed by atoms with Gasteiger partial charge >= 0.3 is 5.97 Å². The highest BCUT2D eigenvalue weighted by Crippen LogP contribution is 2.40. The lowest BCUT2D eigenvalue weighted by Gasteiger charge is -2.12. The number of aromatic amines is 1. The largest absolute Gasteiger partial charge is 0.494 e. The summed E-state index contributed by atoms with van der Waals surface area (Å²) in [7, 11) is 0. The normalized spacial score (nSPS) is 13.3. The van der Waals surface area contributed by atoms with Crippen LogP contribution >= 0.6 is 23.6 Å². The molecular formula is C22H20FN3O4S2. The number of aromatic hydroxyl groups is 1. The van der Waals surface area contributed by atoms with Gasteiger partial charge in [-0.1, -0.05) is 0 Å². The van der Waals surface area contributed by atoms with E-state index in [2.05, 4.69) is 9.98 Å². The molecule has 0 saturated carbocycles. The zero-order valence-electron chi connectivity index (χ0n) is 17.2. The number of aliphatic imine (C=N–C) groups is 1. The highest BCUT2D eigenvalue weighted by Gasteiger charge is 2.26. The number of H-pyrrole nitrogens is 1. The maximum absolute atomic E-state index is 13.3. The first-order chi connectivity index (χ1) is 15.4. The minimum absolute atomic E-state index is 0.0462. The van der Waals surface area contributed by atoms with Gasteiger partial charge in [0, 0.05) is 11.1 Å². The minimum atomic E-state index is -0.631. The third-order valence-electron chi connectivity index (χ3n) is 5.15. The molecule has 0 saturated heterocycles. The Bertz CT molecular complexity index is 1320. The van der Waals surface area contributed by atoms with E-state index in [-0.39, 0.29) is 16.9 Å². The smallest absolute Gasteiger partial charge is 0.341 e. The van der Waals surface area contributed by atoms with Crippen molar-refractivity contribution in [1.29, 1.82) is 0 Å².